The topological polar surface area (TPSA) is 104 Å². The van der Waals surface area contributed by atoms with Crippen LogP contribution in [0.4, 0.5) is 4.79 Å². The molecule has 3 aromatic rings. The van der Waals surface area contributed by atoms with Crippen LogP contribution in [0.15, 0.2) is 48.8 Å². The highest BCUT2D eigenvalue weighted by atomic mass is 35.5. The Morgan fingerprint density at radius 1 is 1.04 bits per heavy atom. The molecule has 2 aromatic heterocycles. The van der Waals surface area contributed by atoms with Crippen molar-refractivity contribution < 1.29 is 21.9 Å². The third kappa shape index (κ3) is 8.19. The predicted molar refractivity (Wildman–Crippen MR) is 181 cm³/mol. The minimum atomic E-state index is -0.994. The minimum absolute atomic E-state index is 0.0675. The number of nitrogens with one attached hydrogen (secondary N) is 2. The molecule has 1 aromatic carbocycles. The molecule has 1 aliphatic heterocycles. The van der Waals surface area contributed by atoms with Gasteiger partial charge in [0.25, 0.3) is 0 Å². The summed E-state index contributed by atoms with van der Waals surface area (Å²) in [6.07, 6.45) is 11.7. The molecule has 2 atom stereocenters. The van der Waals surface area contributed by atoms with Gasteiger partial charge in [0.2, 0.25) is 11.8 Å². The number of nitrogens with zero attached hydrogens (tertiary/aromatic N) is 3. The van der Waals surface area contributed by atoms with Crippen LogP contribution in [0.2, 0.25) is 5.02 Å². The Hall–Kier alpha value is -3.21. The first kappa shape index (κ1) is 30.1. The first-order valence-electron chi connectivity index (χ1n) is 17.5. The van der Waals surface area contributed by atoms with Crippen molar-refractivity contribution in [2.75, 3.05) is 19.6 Å². The molecule has 6 rings (SSSR count). The molecule has 0 unspecified atom stereocenters. The van der Waals surface area contributed by atoms with Crippen molar-refractivity contribution in [1.29, 1.82) is 0 Å². The molecule has 3 amide bonds. The fourth-order valence-corrected chi connectivity index (χ4v) is 7.90. The van der Waals surface area contributed by atoms with Gasteiger partial charge in [-0.05, 0) is 49.4 Å². The Bertz CT molecular complexity index is 1550. The van der Waals surface area contributed by atoms with Gasteiger partial charge in [0.05, 0.1) is 24.2 Å². The van der Waals surface area contributed by atoms with Gasteiger partial charge in [0.15, 0.2) is 5.75 Å². The molecule has 2 saturated carbocycles. The molecule has 246 valence electrons. The molecular formula is C35H44ClN5O4S. The van der Waals surface area contributed by atoms with Crippen molar-refractivity contribution in [3.63, 3.8) is 0 Å². The molecular weight excluding hydrogens is 622 g/mol. The van der Waals surface area contributed by atoms with Gasteiger partial charge < -0.3 is 25.2 Å². The molecule has 2 N–H and O–H groups in total. The van der Waals surface area contributed by atoms with Crippen molar-refractivity contribution in [2.45, 2.75) is 95.3 Å². The number of fused-ring (bicyclic) bond motifs is 1. The fraction of sp³-hybridized carbons (Fsp3) is 0.543. The molecule has 3 fully saturated rings. The van der Waals surface area contributed by atoms with Crippen LogP contribution >= 0.6 is 22.9 Å². The first-order chi connectivity index (χ1) is 23.1. The molecule has 9 nitrogen and oxygen atoms in total. The second kappa shape index (κ2) is 15.6. The van der Waals surface area contributed by atoms with Crippen molar-refractivity contribution in [1.82, 2.24) is 25.4 Å². The Morgan fingerprint density at radius 3 is 2.57 bits per heavy atom. The highest BCUT2D eigenvalue weighted by Crippen LogP contribution is 2.30. The van der Waals surface area contributed by atoms with Gasteiger partial charge in [0.1, 0.15) is 6.04 Å². The van der Waals surface area contributed by atoms with Crippen LogP contribution in [-0.4, -0.2) is 70.4 Å². The van der Waals surface area contributed by atoms with E-state index in [1.807, 2.05) is 12.1 Å². The number of piperazine rings is 1. The Balaban J connectivity index is 1.24. The minimum Gasteiger partial charge on any atom is -0.409 e. The number of carbonyl (C=O) groups is 3. The third-order valence-corrected chi connectivity index (χ3v) is 10.7. The van der Waals surface area contributed by atoms with Gasteiger partial charge >= 0.3 is 6.09 Å². The van der Waals surface area contributed by atoms with Gasteiger partial charge in [-0.1, -0.05) is 75.1 Å². The number of hydrogen-bond acceptors (Lipinski definition) is 7. The Labute approximate surface area is 282 Å². The van der Waals surface area contributed by atoms with E-state index >= 15 is 0 Å². The summed E-state index contributed by atoms with van der Waals surface area (Å²) < 4.78 is 25.1. The van der Waals surface area contributed by atoms with Gasteiger partial charge in [0, 0.05) is 49.2 Å². The van der Waals surface area contributed by atoms with E-state index in [0.717, 1.165) is 53.5 Å². The molecule has 1 saturated heterocycles. The molecule has 0 radical (unpaired) electrons. The Morgan fingerprint density at radius 2 is 1.80 bits per heavy atom. The molecule has 3 aliphatic rings. The number of hydrogen-bond donors (Lipinski definition) is 2. The van der Waals surface area contributed by atoms with Crippen molar-refractivity contribution in [3.8, 4) is 5.75 Å². The van der Waals surface area contributed by atoms with Crippen LogP contribution in [0.5, 0.6) is 5.75 Å². The number of pyridine rings is 1. The third-order valence-electron chi connectivity index (χ3n) is 9.25. The summed E-state index contributed by atoms with van der Waals surface area (Å²) in [7, 11) is 0. The van der Waals surface area contributed by atoms with Gasteiger partial charge in [-0.2, -0.15) is 0 Å². The highest BCUT2D eigenvalue weighted by Gasteiger charge is 2.41. The number of thiophene rings is 1. The van der Waals surface area contributed by atoms with E-state index in [9.17, 15) is 17.1 Å². The van der Waals surface area contributed by atoms with E-state index < -0.39 is 30.1 Å². The average molecular weight is 668 g/mol. The number of para-hydroxylation sites is 1. The lowest BCUT2D eigenvalue weighted by Crippen LogP contribution is -2.64. The van der Waals surface area contributed by atoms with E-state index in [0.29, 0.717) is 30.7 Å². The summed E-state index contributed by atoms with van der Waals surface area (Å²) >= 11 is 7.80. The number of amides is 3. The number of ether oxygens (including phenoxy) is 1. The highest BCUT2D eigenvalue weighted by molar-refractivity contribution is 7.19. The zero-order valence-electron chi connectivity index (χ0n) is 28.1. The number of rotatable bonds is 9. The molecule has 3 heterocycles. The van der Waals surface area contributed by atoms with E-state index in [2.05, 4.69) is 15.6 Å². The number of benzene rings is 1. The SMILES string of the molecule is [2H]C1(C[C@H](NC2([2H])CCCCC2)C(=O)N2CCN(C(=O)Oc3ccccc3Cl)C[C@H]2C(=O)NCc2cc3cnccc3s2)CCCCC1. The maximum atomic E-state index is 14.6. The summed E-state index contributed by atoms with van der Waals surface area (Å²) in [4.78, 5) is 50.1. The lowest BCUT2D eigenvalue weighted by Gasteiger charge is -2.42. The van der Waals surface area contributed by atoms with E-state index in [4.69, 9.17) is 16.3 Å². The summed E-state index contributed by atoms with van der Waals surface area (Å²) in [6, 6.07) is 7.86. The second-order valence-corrected chi connectivity index (χ2v) is 14.1. The van der Waals surface area contributed by atoms with Crippen molar-refractivity contribution in [2.24, 2.45) is 5.89 Å². The maximum absolute atomic E-state index is 14.6. The summed E-state index contributed by atoms with van der Waals surface area (Å²) in [5, 5.41) is 7.70. The van der Waals surface area contributed by atoms with Crippen molar-refractivity contribution >= 4 is 50.9 Å². The van der Waals surface area contributed by atoms with E-state index in [-0.39, 0.29) is 50.2 Å². The zero-order chi connectivity index (χ0) is 33.7. The molecule has 0 spiro atoms. The maximum Gasteiger partial charge on any atom is 0.415 e. The van der Waals surface area contributed by atoms with Gasteiger partial charge in [-0.25, -0.2) is 4.79 Å². The first-order valence-corrected chi connectivity index (χ1v) is 17.7. The smallest absolute Gasteiger partial charge is 0.409 e. The average Bonchev–Trinajstić information content (AvgIpc) is 3.51. The van der Waals surface area contributed by atoms with Crippen LogP contribution in [0.3, 0.4) is 0 Å². The molecule has 46 heavy (non-hydrogen) atoms. The molecule has 2 aliphatic carbocycles. The van der Waals surface area contributed by atoms with Crippen LogP contribution in [-0.2, 0) is 16.1 Å². The number of aromatic nitrogens is 1. The summed E-state index contributed by atoms with van der Waals surface area (Å²) in [5.74, 6) is -1.24. The van der Waals surface area contributed by atoms with Crippen LogP contribution in [0, 0.1) is 5.89 Å². The standard InChI is InChI=1S/C35H44ClN5O4S/c36-28-13-7-8-14-31(28)45-35(44)40-17-18-41(30(23-40)33(42)38-22-27-20-25-21-37-16-15-32(25)46-27)34(43)29(19-24-9-3-1-4-10-24)39-26-11-5-2-6-12-26/h7-8,13-16,20-21,24,26,29-30,39H,1-6,9-12,17-19,22-23H2,(H,38,42)/t29-,30-/m0/s1/i24D,26D. The summed E-state index contributed by atoms with van der Waals surface area (Å²) in [6.45, 7) is 0.459. The number of halogens is 1. The van der Waals surface area contributed by atoms with Crippen LogP contribution < -0.4 is 15.4 Å². The summed E-state index contributed by atoms with van der Waals surface area (Å²) in [5.41, 5.74) is 0. The predicted octanol–water partition coefficient (Wildman–Crippen LogP) is 6.54. The largest absolute Gasteiger partial charge is 0.415 e. The van der Waals surface area contributed by atoms with Crippen LogP contribution in [0.1, 0.15) is 78.2 Å². The van der Waals surface area contributed by atoms with Gasteiger partial charge in [-0.15, -0.1) is 11.3 Å². The monoisotopic (exact) mass is 667 g/mol. The zero-order valence-corrected chi connectivity index (χ0v) is 27.7. The quantitative estimate of drug-likeness (QED) is 0.269. The fourth-order valence-electron chi connectivity index (χ4n) is 6.76. The van der Waals surface area contributed by atoms with Crippen LogP contribution in [0.25, 0.3) is 10.1 Å². The molecule has 11 heteroatoms. The normalized spacial score (nSPS) is 22.4. The van der Waals surface area contributed by atoms with Gasteiger partial charge in [-0.3, -0.25) is 14.6 Å². The number of carbonyl (C=O) groups excluding carboxylic acids is 3. The molecule has 0 bridgehead atoms. The lowest BCUT2D eigenvalue weighted by molar-refractivity contribution is -0.145. The van der Waals surface area contributed by atoms with E-state index in [1.165, 1.54) is 4.90 Å². The van der Waals surface area contributed by atoms with E-state index in [1.54, 1.807) is 52.9 Å². The second-order valence-electron chi connectivity index (χ2n) is 12.5. The van der Waals surface area contributed by atoms with Crippen molar-refractivity contribution in [3.05, 3.63) is 58.7 Å². The lowest BCUT2D eigenvalue weighted by atomic mass is 9.83. The Kier molecular flexibility index (Phi) is 10.2.